The molecule has 1 aromatic carbocycles. The van der Waals surface area contributed by atoms with Crippen molar-refractivity contribution >= 4 is 33.5 Å². The molecule has 6 nitrogen and oxygen atoms in total. The number of anilines is 2. The van der Waals surface area contributed by atoms with Crippen LogP contribution in [0.2, 0.25) is 0 Å². The zero-order valence-corrected chi connectivity index (χ0v) is 14.5. The van der Waals surface area contributed by atoms with Gasteiger partial charge in [0.05, 0.1) is 10.2 Å². The van der Waals surface area contributed by atoms with E-state index in [-0.39, 0.29) is 16.0 Å². The Bertz CT molecular complexity index is 921. The van der Waals surface area contributed by atoms with E-state index in [9.17, 15) is 13.6 Å². The van der Waals surface area contributed by atoms with Crippen molar-refractivity contribution in [1.29, 1.82) is 0 Å². The molecule has 0 atom stereocenters. The number of rotatable bonds is 3. The Morgan fingerprint density at radius 2 is 1.88 bits per heavy atom. The van der Waals surface area contributed by atoms with Crippen molar-refractivity contribution in [3.63, 3.8) is 0 Å². The molecule has 3 rings (SSSR count). The first-order chi connectivity index (χ1) is 11.9. The van der Waals surface area contributed by atoms with Crippen LogP contribution in [0.1, 0.15) is 5.69 Å². The number of carbonyl (C=O) groups is 1. The molecule has 0 bridgehead atoms. The van der Waals surface area contributed by atoms with E-state index in [0.29, 0.717) is 5.69 Å². The minimum atomic E-state index is -0.814. The minimum absolute atomic E-state index is 0.0174. The van der Waals surface area contributed by atoms with Gasteiger partial charge in [-0.3, -0.25) is 15.4 Å². The Labute approximate surface area is 149 Å². The van der Waals surface area contributed by atoms with Gasteiger partial charge in [0.1, 0.15) is 11.6 Å². The molecule has 9 heteroatoms. The maximum absolute atomic E-state index is 13.5. The van der Waals surface area contributed by atoms with Gasteiger partial charge in [-0.2, -0.15) is 5.10 Å². The van der Waals surface area contributed by atoms with E-state index < -0.39 is 17.7 Å². The number of aromatic amines is 1. The first kappa shape index (κ1) is 17.0. The molecule has 0 saturated heterocycles. The van der Waals surface area contributed by atoms with Gasteiger partial charge in [-0.1, -0.05) is 0 Å². The molecule has 0 aliphatic carbocycles. The number of aromatic nitrogens is 3. The zero-order valence-electron chi connectivity index (χ0n) is 12.9. The monoisotopic (exact) mass is 407 g/mol. The summed E-state index contributed by atoms with van der Waals surface area (Å²) in [5.74, 6) is -1.36. The molecule has 0 fully saturated rings. The first-order valence-corrected chi connectivity index (χ1v) is 7.92. The molecule has 0 radical (unpaired) electrons. The lowest BCUT2D eigenvalue weighted by Crippen LogP contribution is -2.19. The molecule has 0 aliphatic rings. The van der Waals surface area contributed by atoms with Gasteiger partial charge in [0, 0.05) is 29.2 Å². The number of aryl methyl sites for hydroxylation is 1. The number of nitrogens with one attached hydrogen (secondary N) is 3. The average molecular weight is 408 g/mol. The lowest BCUT2D eigenvalue weighted by Gasteiger charge is -2.07. The normalized spacial score (nSPS) is 10.6. The van der Waals surface area contributed by atoms with Crippen LogP contribution in [0.25, 0.3) is 11.3 Å². The van der Waals surface area contributed by atoms with Gasteiger partial charge >= 0.3 is 6.03 Å². The lowest BCUT2D eigenvalue weighted by molar-refractivity contribution is 0.262. The van der Waals surface area contributed by atoms with Gasteiger partial charge in [0.25, 0.3) is 0 Å². The standard InChI is InChI=1S/C16H12BrF2N5O/c1-8-4-9(2-3-20-8)13-7-14(24-23-13)22-16(25)21-10-5-11(18)15(17)12(19)6-10/h2-7H,1H3,(H3,21,22,23,24,25). The van der Waals surface area contributed by atoms with E-state index in [1.165, 1.54) is 0 Å². The van der Waals surface area contributed by atoms with Crippen LogP contribution in [0, 0.1) is 18.6 Å². The van der Waals surface area contributed by atoms with E-state index >= 15 is 0 Å². The Morgan fingerprint density at radius 3 is 2.56 bits per heavy atom. The average Bonchev–Trinajstić information content (AvgIpc) is 3.01. The molecular weight excluding hydrogens is 396 g/mol. The van der Waals surface area contributed by atoms with Crippen LogP contribution >= 0.6 is 15.9 Å². The highest BCUT2D eigenvalue weighted by atomic mass is 79.9. The van der Waals surface area contributed by atoms with Gasteiger partial charge in [-0.15, -0.1) is 0 Å². The lowest BCUT2D eigenvalue weighted by atomic mass is 10.2. The summed E-state index contributed by atoms with van der Waals surface area (Å²) in [6.45, 7) is 1.86. The van der Waals surface area contributed by atoms with E-state index in [0.717, 1.165) is 23.4 Å². The van der Waals surface area contributed by atoms with Crippen molar-refractivity contribution in [3.8, 4) is 11.3 Å². The third-order valence-electron chi connectivity index (χ3n) is 3.27. The van der Waals surface area contributed by atoms with Crippen molar-refractivity contribution in [1.82, 2.24) is 15.2 Å². The summed E-state index contributed by atoms with van der Waals surface area (Å²) in [4.78, 5) is 16.1. The van der Waals surface area contributed by atoms with Crippen LogP contribution in [0.4, 0.5) is 25.1 Å². The van der Waals surface area contributed by atoms with Gasteiger partial charge < -0.3 is 5.32 Å². The SMILES string of the molecule is Cc1cc(-c2cc(NC(=O)Nc3cc(F)c(Br)c(F)c3)n[nH]2)ccn1. The highest BCUT2D eigenvalue weighted by Gasteiger charge is 2.12. The number of hydrogen-bond acceptors (Lipinski definition) is 3. The molecule has 0 unspecified atom stereocenters. The second-order valence-electron chi connectivity index (χ2n) is 5.19. The maximum Gasteiger partial charge on any atom is 0.324 e. The molecule has 0 aliphatic heterocycles. The fraction of sp³-hybridized carbons (Fsp3) is 0.0625. The summed E-state index contributed by atoms with van der Waals surface area (Å²) in [6.07, 6.45) is 1.67. The Hall–Kier alpha value is -2.81. The molecule has 0 saturated carbocycles. The highest BCUT2D eigenvalue weighted by molar-refractivity contribution is 9.10. The summed E-state index contributed by atoms with van der Waals surface area (Å²) in [7, 11) is 0. The summed E-state index contributed by atoms with van der Waals surface area (Å²) in [6, 6.07) is 6.63. The number of hydrogen-bond donors (Lipinski definition) is 3. The van der Waals surface area contributed by atoms with Crippen LogP contribution in [0.15, 0.2) is 41.0 Å². The molecule has 3 N–H and O–H groups in total. The Kier molecular flexibility index (Phi) is 4.75. The van der Waals surface area contributed by atoms with Gasteiger partial charge in [-0.25, -0.2) is 13.6 Å². The fourth-order valence-electron chi connectivity index (χ4n) is 2.15. The molecule has 2 amide bonds. The maximum atomic E-state index is 13.5. The van der Waals surface area contributed by atoms with Crippen molar-refractivity contribution in [3.05, 3.63) is 58.3 Å². The van der Waals surface area contributed by atoms with E-state index in [1.54, 1.807) is 18.3 Å². The summed E-state index contributed by atoms with van der Waals surface area (Å²) in [5.41, 5.74) is 2.39. The molecule has 0 spiro atoms. The summed E-state index contributed by atoms with van der Waals surface area (Å²) in [5, 5.41) is 11.6. The number of pyridine rings is 1. The predicted octanol–water partition coefficient (Wildman–Crippen LogP) is 4.46. The summed E-state index contributed by atoms with van der Waals surface area (Å²) >= 11 is 2.77. The number of carbonyl (C=O) groups excluding carboxylic acids is 1. The number of H-pyrrole nitrogens is 1. The summed E-state index contributed by atoms with van der Waals surface area (Å²) < 4.78 is 26.6. The van der Waals surface area contributed by atoms with Crippen molar-refractivity contribution in [2.24, 2.45) is 0 Å². The minimum Gasteiger partial charge on any atom is -0.307 e. The van der Waals surface area contributed by atoms with Crippen molar-refractivity contribution < 1.29 is 13.6 Å². The van der Waals surface area contributed by atoms with E-state index in [2.05, 4.69) is 41.7 Å². The van der Waals surface area contributed by atoms with Gasteiger partial charge in [0.15, 0.2) is 5.82 Å². The van der Waals surface area contributed by atoms with Crippen molar-refractivity contribution in [2.45, 2.75) is 6.92 Å². The van der Waals surface area contributed by atoms with E-state index in [1.807, 2.05) is 13.0 Å². The number of urea groups is 1. The third kappa shape index (κ3) is 4.00. The predicted molar refractivity (Wildman–Crippen MR) is 93.3 cm³/mol. The quantitative estimate of drug-likeness (QED) is 0.560. The van der Waals surface area contributed by atoms with Gasteiger partial charge in [-0.05, 0) is 47.1 Å². The number of benzene rings is 1. The largest absolute Gasteiger partial charge is 0.324 e. The van der Waals surface area contributed by atoms with Gasteiger partial charge in [0.2, 0.25) is 0 Å². The molecular formula is C16H12BrF2N5O. The van der Waals surface area contributed by atoms with Crippen LogP contribution in [-0.4, -0.2) is 21.2 Å². The fourth-order valence-corrected chi connectivity index (χ4v) is 2.38. The smallest absolute Gasteiger partial charge is 0.307 e. The first-order valence-electron chi connectivity index (χ1n) is 7.13. The molecule has 3 aromatic rings. The van der Waals surface area contributed by atoms with Crippen LogP contribution in [-0.2, 0) is 0 Å². The Morgan fingerprint density at radius 1 is 1.16 bits per heavy atom. The number of halogens is 3. The molecule has 25 heavy (non-hydrogen) atoms. The third-order valence-corrected chi connectivity index (χ3v) is 4.03. The number of nitrogens with zero attached hydrogens (tertiary/aromatic N) is 2. The van der Waals surface area contributed by atoms with E-state index in [4.69, 9.17) is 0 Å². The van der Waals surface area contributed by atoms with Crippen LogP contribution < -0.4 is 10.6 Å². The Balaban J connectivity index is 1.70. The molecule has 2 aromatic heterocycles. The second kappa shape index (κ2) is 6.98. The van der Waals surface area contributed by atoms with Crippen LogP contribution in [0.3, 0.4) is 0 Å². The van der Waals surface area contributed by atoms with Crippen molar-refractivity contribution in [2.75, 3.05) is 10.6 Å². The molecule has 128 valence electrons. The molecule has 2 heterocycles. The highest BCUT2D eigenvalue weighted by Crippen LogP contribution is 2.24. The number of amides is 2. The van der Waals surface area contributed by atoms with Crippen LogP contribution in [0.5, 0.6) is 0 Å². The topological polar surface area (TPSA) is 82.7 Å². The second-order valence-corrected chi connectivity index (χ2v) is 5.98. The zero-order chi connectivity index (χ0) is 18.0.